The van der Waals surface area contributed by atoms with E-state index in [1.165, 1.54) is 6.20 Å². The van der Waals surface area contributed by atoms with E-state index in [0.29, 0.717) is 0 Å². The van der Waals surface area contributed by atoms with Gasteiger partial charge in [-0.15, -0.1) is 5.10 Å². The fraction of sp³-hybridized carbons (Fsp3) is 0.571. The Bertz CT molecular complexity index is 338. The Morgan fingerprint density at radius 2 is 2.46 bits per heavy atom. The normalized spacial score (nSPS) is 26.8. The molecular weight excluding hydrogens is 190 g/mol. The lowest BCUT2D eigenvalue weighted by Crippen LogP contribution is -2.30. The summed E-state index contributed by atoms with van der Waals surface area (Å²) in [6.07, 6.45) is 3.50. The highest BCUT2D eigenvalue weighted by Crippen LogP contribution is 2.35. The van der Waals surface area contributed by atoms with Gasteiger partial charge in [0.15, 0.2) is 5.69 Å². The molecule has 70 valence electrons. The van der Waals surface area contributed by atoms with Crippen LogP contribution in [0.3, 0.4) is 0 Å². The van der Waals surface area contributed by atoms with E-state index in [-0.39, 0.29) is 17.0 Å². The molecule has 1 N–H and O–H groups in total. The Labute approximate surface area is 80.2 Å². The molecule has 2 rings (SSSR count). The summed E-state index contributed by atoms with van der Waals surface area (Å²) in [5.41, 5.74) is -0.00701. The molecule has 1 aliphatic rings. The first-order chi connectivity index (χ1) is 6.18. The molecule has 2 atom stereocenters. The molecule has 6 heteroatoms. The van der Waals surface area contributed by atoms with Crippen molar-refractivity contribution in [3.63, 3.8) is 0 Å². The number of aromatic carboxylic acids is 1. The van der Waals surface area contributed by atoms with E-state index in [2.05, 4.69) is 22.9 Å². The molecule has 1 aliphatic carbocycles. The Morgan fingerprint density at radius 3 is 2.85 bits per heavy atom. The van der Waals surface area contributed by atoms with Gasteiger partial charge in [0, 0.05) is 5.25 Å². The highest BCUT2D eigenvalue weighted by molar-refractivity contribution is 7.81. The van der Waals surface area contributed by atoms with Crippen LogP contribution >= 0.6 is 12.6 Å². The van der Waals surface area contributed by atoms with Crippen LogP contribution in [-0.2, 0) is 0 Å². The second-order valence-corrected chi connectivity index (χ2v) is 3.76. The Kier molecular flexibility index (Phi) is 1.99. The van der Waals surface area contributed by atoms with Crippen molar-refractivity contribution in [3.05, 3.63) is 11.9 Å². The quantitative estimate of drug-likeness (QED) is 0.685. The van der Waals surface area contributed by atoms with Crippen LogP contribution in [0.25, 0.3) is 0 Å². The number of rotatable bonds is 2. The highest BCUT2D eigenvalue weighted by atomic mass is 32.1. The summed E-state index contributed by atoms with van der Waals surface area (Å²) < 4.78 is 1.59. The number of nitrogens with zero attached hydrogens (tertiary/aromatic N) is 3. The van der Waals surface area contributed by atoms with Crippen molar-refractivity contribution in [2.75, 3.05) is 0 Å². The predicted molar refractivity (Wildman–Crippen MR) is 48.0 cm³/mol. The van der Waals surface area contributed by atoms with Gasteiger partial charge in [0.2, 0.25) is 0 Å². The molecule has 0 spiro atoms. The molecule has 0 bridgehead atoms. The Hall–Kier alpha value is -1.04. The average Bonchev–Trinajstić information content (AvgIpc) is 2.50. The lowest BCUT2D eigenvalue weighted by atomic mass is 9.92. The van der Waals surface area contributed by atoms with Crippen LogP contribution < -0.4 is 0 Å². The molecule has 0 amide bonds. The fourth-order valence-electron chi connectivity index (χ4n) is 1.31. The van der Waals surface area contributed by atoms with Gasteiger partial charge in [0.25, 0.3) is 0 Å². The summed E-state index contributed by atoms with van der Waals surface area (Å²) in [7, 11) is 0. The third-order valence-corrected chi connectivity index (χ3v) is 2.87. The van der Waals surface area contributed by atoms with Crippen LogP contribution in [0.4, 0.5) is 0 Å². The SMILES string of the molecule is O=C(O)c1cn(C2CCC2S)nn1. The molecule has 1 aromatic rings. The molecule has 0 radical (unpaired) electrons. The molecule has 1 saturated carbocycles. The smallest absolute Gasteiger partial charge is 0.358 e. The molecule has 2 unspecified atom stereocenters. The predicted octanol–water partition coefficient (Wildman–Crippen LogP) is 0.610. The zero-order valence-electron chi connectivity index (χ0n) is 6.79. The first kappa shape index (κ1) is 8.55. The lowest BCUT2D eigenvalue weighted by Gasteiger charge is -2.32. The Balaban J connectivity index is 2.17. The molecule has 1 heterocycles. The average molecular weight is 199 g/mol. The van der Waals surface area contributed by atoms with Crippen molar-refractivity contribution in [1.29, 1.82) is 0 Å². The zero-order valence-corrected chi connectivity index (χ0v) is 7.69. The van der Waals surface area contributed by atoms with Gasteiger partial charge in [-0.1, -0.05) is 5.21 Å². The summed E-state index contributed by atoms with van der Waals surface area (Å²) >= 11 is 4.32. The fourth-order valence-corrected chi connectivity index (χ4v) is 1.74. The maximum atomic E-state index is 10.5. The highest BCUT2D eigenvalue weighted by Gasteiger charge is 2.30. The summed E-state index contributed by atoms with van der Waals surface area (Å²) in [6.45, 7) is 0. The minimum atomic E-state index is -1.04. The topological polar surface area (TPSA) is 68.0 Å². The summed E-state index contributed by atoms with van der Waals surface area (Å²) in [6, 6.07) is 0.212. The van der Waals surface area contributed by atoms with Gasteiger partial charge in [0.05, 0.1) is 12.2 Å². The van der Waals surface area contributed by atoms with Gasteiger partial charge in [-0.25, -0.2) is 9.48 Å². The van der Waals surface area contributed by atoms with Crippen LogP contribution in [0, 0.1) is 0 Å². The third-order valence-electron chi connectivity index (χ3n) is 2.27. The number of carboxylic acids is 1. The number of hydrogen-bond acceptors (Lipinski definition) is 4. The Morgan fingerprint density at radius 1 is 1.69 bits per heavy atom. The maximum Gasteiger partial charge on any atom is 0.358 e. The first-order valence-corrected chi connectivity index (χ1v) is 4.53. The molecule has 0 aromatic carbocycles. The van der Waals surface area contributed by atoms with Crippen LogP contribution in [-0.4, -0.2) is 31.3 Å². The molecule has 5 nitrogen and oxygen atoms in total. The number of hydrogen-bond donors (Lipinski definition) is 2. The van der Waals surface area contributed by atoms with Crippen LogP contribution in [0.15, 0.2) is 6.20 Å². The van der Waals surface area contributed by atoms with E-state index in [9.17, 15) is 4.79 Å². The van der Waals surface area contributed by atoms with Crippen molar-refractivity contribution in [3.8, 4) is 0 Å². The molecule has 13 heavy (non-hydrogen) atoms. The summed E-state index contributed by atoms with van der Waals surface area (Å²) in [4.78, 5) is 10.5. The molecule has 1 aromatic heterocycles. The minimum absolute atomic E-state index is 0.00701. The van der Waals surface area contributed by atoms with Gasteiger partial charge in [-0.2, -0.15) is 12.6 Å². The van der Waals surface area contributed by atoms with Crippen molar-refractivity contribution >= 4 is 18.6 Å². The van der Waals surface area contributed by atoms with E-state index in [4.69, 9.17) is 5.11 Å². The van der Waals surface area contributed by atoms with E-state index in [1.807, 2.05) is 0 Å². The van der Waals surface area contributed by atoms with Crippen molar-refractivity contribution in [2.24, 2.45) is 0 Å². The molecular formula is C7H9N3O2S. The van der Waals surface area contributed by atoms with Gasteiger partial charge >= 0.3 is 5.97 Å². The molecule has 0 saturated heterocycles. The van der Waals surface area contributed by atoms with Crippen LogP contribution in [0.2, 0.25) is 0 Å². The number of aromatic nitrogens is 3. The van der Waals surface area contributed by atoms with Gasteiger partial charge in [-0.05, 0) is 12.8 Å². The summed E-state index contributed by atoms with van der Waals surface area (Å²) in [5, 5.41) is 16.2. The van der Waals surface area contributed by atoms with E-state index < -0.39 is 5.97 Å². The largest absolute Gasteiger partial charge is 0.476 e. The van der Waals surface area contributed by atoms with E-state index in [1.54, 1.807) is 4.68 Å². The van der Waals surface area contributed by atoms with Crippen LogP contribution in [0.1, 0.15) is 29.4 Å². The van der Waals surface area contributed by atoms with Gasteiger partial charge in [-0.3, -0.25) is 0 Å². The monoisotopic (exact) mass is 199 g/mol. The number of thiol groups is 1. The number of carbonyl (C=O) groups is 1. The second-order valence-electron chi connectivity index (χ2n) is 3.10. The third kappa shape index (κ3) is 1.41. The second kappa shape index (κ2) is 3.02. The number of carboxylic acid groups (broad SMARTS) is 1. The molecule has 1 fully saturated rings. The van der Waals surface area contributed by atoms with Crippen molar-refractivity contribution < 1.29 is 9.90 Å². The van der Waals surface area contributed by atoms with E-state index >= 15 is 0 Å². The standard InChI is InChI=1S/C7H9N3O2S/c11-7(12)4-3-10(9-8-4)5-1-2-6(5)13/h3,5-6,13H,1-2H2,(H,11,12). The van der Waals surface area contributed by atoms with E-state index in [0.717, 1.165) is 12.8 Å². The van der Waals surface area contributed by atoms with Crippen molar-refractivity contribution in [2.45, 2.75) is 24.1 Å². The summed E-state index contributed by atoms with van der Waals surface area (Å²) in [5.74, 6) is -1.04. The lowest BCUT2D eigenvalue weighted by molar-refractivity contribution is 0.0690. The zero-order chi connectivity index (χ0) is 9.42. The first-order valence-electron chi connectivity index (χ1n) is 4.01. The van der Waals surface area contributed by atoms with Crippen molar-refractivity contribution in [1.82, 2.24) is 15.0 Å². The minimum Gasteiger partial charge on any atom is -0.476 e. The maximum absolute atomic E-state index is 10.5. The molecule has 0 aliphatic heterocycles. The van der Waals surface area contributed by atoms with Gasteiger partial charge < -0.3 is 5.11 Å². The van der Waals surface area contributed by atoms with Gasteiger partial charge in [0.1, 0.15) is 0 Å². The van der Waals surface area contributed by atoms with Crippen LogP contribution in [0.5, 0.6) is 0 Å².